The summed E-state index contributed by atoms with van der Waals surface area (Å²) in [5, 5.41) is 7.19. The zero-order valence-corrected chi connectivity index (χ0v) is 15.5. The molecule has 6 heteroatoms. The molecule has 3 rings (SSSR count). The predicted octanol–water partition coefficient (Wildman–Crippen LogP) is 2.21. The molecule has 1 N–H and O–H groups in total. The lowest BCUT2D eigenvalue weighted by atomic mass is 9.96. The van der Waals surface area contributed by atoms with Gasteiger partial charge < -0.3 is 10.1 Å². The lowest BCUT2D eigenvalue weighted by Gasteiger charge is -2.41. The predicted molar refractivity (Wildman–Crippen MR) is 100 cm³/mol. The SMILES string of the molecule is CCOC(=O)C1CCCN(N(C(=O)C2CCNCC2)c2ccccc2)C1. The smallest absolute Gasteiger partial charge is 0.310 e. The van der Waals surface area contributed by atoms with Gasteiger partial charge in [-0.05, 0) is 57.8 Å². The van der Waals surface area contributed by atoms with Gasteiger partial charge in [-0.3, -0.25) is 9.59 Å². The Hall–Kier alpha value is -1.92. The summed E-state index contributed by atoms with van der Waals surface area (Å²) in [6, 6.07) is 9.78. The molecule has 26 heavy (non-hydrogen) atoms. The Morgan fingerprint density at radius 1 is 1.15 bits per heavy atom. The fourth-order valence-corrected chi connectivity index (χ4v) is 3.83. The van der Waals surface area contributed by atoms with Crippen LogP contribution in [0.1, 0.15) is 32.6 Å². The molecule has 142 valence electrons. The van der Waals surface area contributed by atoms with Crippen molar-refractivity contribution in [3.8, 4) is 0 Å². The Bertz CT molecular complexity index is 602. The topological polar surface area (TPSA) is 61.9 Å². The molecule has 0 saturated carbocycles. The summed E-state index contributed by atoms with van der Waals surface area (Å²) in [4.78, 5) is 25.6. The molecule has 6 nitrogen and oxygen atoms in total. The molecule has 2 aliphatic heterocycles. The second kappa shape index (κ2) is 9.14. The average Bonchev–Trinajstić information content (AvgIpc) is 2.70. The summed E-state index contributed by atoms with van der Waals surface area (Å²) in [7, 11) is 0. The van der Waals surface area contributed by atoms with E-state index in [1.807, 2.05) is 47.3 Å². The minimum Gasteiger partial charge on any atom is -0.466 e. The molecule has 0 radical (unpaired) electrons. The first-order valence-electron chi connectivity index (χ1n) is 9.72. The summed E-state index contributed by atoms with van der Waals surface area (Å²) >= 11 is 0. The van der Waals surface area contributed by atoms with Gasteiger partial charge in [0.1, 0.15) is 0 Å². The molecular weight excluding hydrogens is 330 g/mol. The van der Waals surface area contributed by atoms with Gasteiger partial charge in [0.15, 0.2) is 0 Å². The zero-order chi connectivity index (χ0) is 18.4. The highest BCUT2D eigenvalue weighted by Gasteiger charge is 2.35. The number of nitrogens with zero attached hydrogens (tertiary/aromatic N) is 2. The average molecular weight is 359 g/mol. The molecule has 0 bridgehead atoms. The van der Waals surface area contributed by atoms with Crippen LogP contribution < -0.4 is 10.3 Å². The third-order valence-electron chi connectivity index (χ3n) is 5.20. The van der Waals surface area contributed by atoms with Crippen LogP contribution >= 0.6 is 0 Å². The van der Waals surface area contributed by atoms with E-state index in [1.54, 1.807) is 0 Å². The number of amides is 1. The molecular formula is C20H29N3O3. The number of ether oxygens (including phenoxy) is 1. The molecule has 1 amide bonds. The fourth-order valence-electron chi connectivity index (χ4n) is 3.83. The maximum absolute atomic E-state index is 13.3. The molecule has 1 aromatic carbocycles. The van der Waals surface area contributed by atoms with Gasteiger partial charge in [0.25, 0.3) is 0 Å². The number of piperidine rings is 2. The first kappa shape index (κ1) is 18.9. The van der Waals surface area contributed by atoms with Crippen molar-refractivity contribution in [1.82, 2.24) is 10.3 Å². The number of hydrazine groups is 1. The number of anilines is 1. The van der Waals surface area contributed by atoms with Crippen molar-refractivity contribution in [2.45, 2.75) is 32.6 Å². The van der Waals surface area contributed by atoms with Crippen LogP contribution in [0.3, 0.4) is 0 Å². The highest BCUT2D eigenvalue weighted by Crippen LogP contribution is 2.27. The summed E-state index contributed by atoms with van der Waals surface area (Å²) in [5.41, 5.74) is 0.876. The van der Waals surface area contributed by atoms with E-state index in [0.29, 0.717) is 13.2 Å². The molecule has 0 aliphatic carbocycles. The van der Waals surface area contributed by atoms with Gasteiger partial charge in [-0.15, -0.1) is 0 Å². The Kier molecular flexibility index (Phi) is 6.63. The highest BCUT2D eigenvalue weighted by atomic mass is 16.5. The highest BCUT2D eigenvalue weighted by molar-refractivity contribution is 5.94. The Balaban J connectivity index is 1.80. The standard InChI is InChI=1S/C20H29N3O3/c1-2-26-20(25)17-7-6-14-22(15-17)23(18-8-4-3-5-9-18)19(24)16-10-12-21-13-11-16/h3-5,8-9,16-17,21H,2,6-7,10-15H2,1H3. The minimum absolute atomic E-state index is 0.0272. The molecule has 1 aromatic rings. The third kappa shape index (κ3) is 4.43. The molecule has 1 unspecified atom stereocenters. The number of esters is 1. The summed E-state index contributed by atoms with van der Waals surface area (Å²) in [6.45, 7) is 5.29. The number of nitrogens with one attached hydrogen (secondary N) is 1. The second-order valence-electron chi connectivity index (χ2n) is 7.01. The van der Waals surface area contributed by atoms with Gasteiger partial charge in [0.05, 0.1) is 18.2 Å². The number of rotatable bonds is 5. The molecule has 0 spiro atoms. The lowest BCUT2D eigenvalue weighted by Crippen LogP contribution is -2.55. The summed E-state index contributed by atoms with van der Waals surface area (Å²) in [6.07, 6.45) is 3.42. The van der Waals surface area contributed by atoms with Crippen LogP contribution in [0.2, 0.25) is 0 Å². The monoisotopic (exact) mass is 359 g/mol. The lowest BCUT2D eigenvalue weighted by molar-refractivity contribution is -0.150. The van der Waals surface area contributed by atoms with Crippen molar-refractivity contribution in [3.05, 3.63) is 30.3 Å². The summed E-state index contributed by atoms with van der Waals surface area (Å²) < 4.78 is 5.21. The Labute approximate surface area is 155 Å². The van der Waals surface area contributed by atoms with Crippen LogP contribution in [0, 0.1) is 11.8 Å². The van der Waals surface area contributed by atoms with E-state index < -0.39 is 0 Å². The number of hydrogen-bond donors (Lipinski definition) is 1. The fraction of sp³-hybridized carbons (Fsp3) is 0.600. The minimum atomic E-state index is -0.171. The van der Waals surface area contributed by atoms with Crippen molar-refractivity contribution >= 4 is 17.6 Å². The van der Waals surface area contributed by atoms with E-state index in [2.05, 4.69) is 5.32 Å². The van der Waals surface area contributed by atoms with Crippen LogP contribution in [0.15, 0.2) is 30.3 Å². The van der Waals surface area contributed by atoms with E-state index in [-0.39, 0.29) is 23.7 Å². The van der Waals surface area contributed by atoms with Crippen LogP contribution in [0.25, 0.3) is 0 Å². The van der Waals surface area contributed by atoms with E-state index in [0.717, 1.165) is 51.0 Å². The zero-order valence-electron chi connectivity index (χ0n) is 15.5. The molecule has 2 aliphatic rings. The second-order valence-corrected chi connectivity index (χ2v) is 7.01. The van der Waals surface area contributed by atoms with Gasteiger partial charge in [-0.25, -0.2) is 10.0 Å². The molecule has 2 fully saturated rings. The molecule has 0 aromatic heterocycles. The van der Waals surface area contributed by atoms with Gasteiger partial charge >= 0.3 is 5.97 Å². The Morgan fingerprint density at radius 3 is 2.58 bits per heavy atom. The van der Waals surface area contributed by atoms with E-state index in [4.69, 9.17) is 4.74 Å². The van der Waals surface area contributed by atoms with Gasteiger partial charge in [0.2, 0.25) is 5.91 Å². The van der Waals surface area contributed by atoms with Crippen LogP contribution in [0.4, 0.5) is 5.69 Å². The van der Waals surface area contributed by atoms with Gasteiger partial charge in [-0.1, -0.05) is 18.2 Å². The molecule has 1 atom stereocenters. The number of hydrogen-bond acceptors (Lipinski definition) is 5. The molecule has 2 saturated heterocycles. The van der Waals surface area contributed by atoms with Crippen molar-refractivity contribution < 1.29 is 14.3 Å². The quantitative estimate of drug-likeness (QED) is 0.817. The first-order valence-corrected chi connectivity index (χ1v) is 9.72. The van der Waals surface area contributed by atoms with E-state index in [1.165, 1.54) is 0 Å². The van der Waals surface area contributed by atoms with Crippen LogP contribution in [0.5, 0.6) is 0 Å². The van der Waals surface area contributed by atoms with Crippen molar-refractivity contribution in [3.63, 3.8) is 0 Å². The van der Waals surface area contributed by atoms with Crippen molar-refractivity contribution in [1.29, 1.82) is 0 Å². The van der Waals surface area contributed by atoms with Gasteiger partial charge in [0, 0.05) is 19.0 Å². The number of benzene rings is 1. The summed E-state index contributed by atoms with van der Waals surface area (Å²) in [5.74, 6) is -0.156. The number of carbonyl (C=O) groups excluding carboxylic acids is 2. The third-order valence-corrected chi connectivity index (χ3v) is 5.20. The maximum Gasteiger partial charge on any atom is 0.310 e. The molecule has 2 heterocycles. The largest absolute Gasteiger partial charge is 0.466 e. The van der Waals surface area contributed by atoms with Crippen LogP contribution in [-0.4, -0.2) is 49.7 Å². The van der Waals surface area contributed by atoms with E-state index in [9.17, 15) is 9.59 Å². The number of carbonyl (C=O) groups is 2. The first-order chi connectivity index (χ1) is 12.7. The van der Waals surface area contributed by atoms with Crippen LogP contribution in [-0.2, 0) is 14.3 Å². The number of para-hydroxylation sites is 1. The van der Waals surface area contributed by atoms with E-state index >= 15 is 0 Å². The maximum atomic E-state index is 13.3. The van der Waals surface area contributed by atoms with Gasteiger partial charge in [-0.2, -0.15) is 0 Å². The van der Waals surface area contributed by atoms with Crippen molar-refractivity contribution in [2.75, 3.05) is 37.8 Å². The van der Waals surface area contributed by atoms with Crippen molar-refractivity contribution in [2.24, 2.45) is 11.8 Å². The normalized spacial score (nSPS) is 22.0. The Morgan fingerprint density at radius 2 is 1.88 bits per heavy atom.